The van der Waals surface area contributed by atoms with Gasteiger partial charge in [0, 0.05) is 5.56 Å². The molecule has 0 aromatic heterocycles. The second-order valence-corrected chi connectivity index (χ2v) is 5.84. The molecule has 2 aromatic carbocycles. The van der Waals surface area contributed by atoms with Crippen molar-refractivity contribution in [3.8, 4) is 11.5 Å². The van der Waals surface area contributed by atoms with Crippen molar-refractivity contribution in [1.29, 1.82) is 0 Å². The van der Waals surface area contributed by atoms with Gasteiger partial charge in [0.1, 0.15) is 0 Å². The third-order valence-electron chi connectivity index (χ3n) is 3.35. The first kappa shape index (κ1) is 18.6. The quantitative estimate of drug-likeness (QED) is 0.395. The van der Waals surface area contributed by atoms with Crippen LogP contribution in [-0.2, 0) is 6.42 Å². The van der Waals surface area contributed by atoms with Gasteiger partial charge in [0.2, 0.25) is 0 Å². The molecule has 0 bridgehead atoms. The fourth-order valence-corrected chi connectivity index (χ4v) is 2.39. The molecule has 0 aliphatic heterocycles. The molecule has 2 rings (SSSR count). The van der Waals surface area contributed by atoms with Gasteiger partial charge in [-0.1, -0.05) is 24.3 Å². The number of anilines is 1. The summed E-state index contributed by atoms with van der Waals surface area (Å²) in [6.07, 6.45) is 4.42. The lowest BCUT2D eigenvalue weighted by atomic mass is 10.1. The van der Waals surface area contributed by atoms with Gasteiger partial charge in [0.05, 0.1) is 24.6 Å². The number of hydrogen-bond donors (Lipinski definition) is 1. The Hall–Kier alpha value is -2.75. The van der Waals surface area contributed by atoms with Gasteiger partial charge in [-0.2, -0.15) is 5.10 Å². The number of hydrogen-bond acceptors (Lipinski definition) is 4. The van der Waals surface area contributed by atoms with Crippen LogP contribution in [0.4, 0.5) is 5.69 Å². The zero-order valence-electron chi connectivity index (χ0n) is 15.2. The molecule has 0 atom stereocenters. The summed E-state index contributed by atoms with van der Waals surface area (Å²) < 4.78 is 11.8. The van der Waals surface area contributed by atoms with Crippen molar-refractivity contribution in [1.82, 2.24) is 0 Å². The summed E-state index contributed by atoms with van der Waals surface area (Å²) >= 11 is 0. The number of nitrogens with one attached hydrogen (secondary N) is 1. The SMILES string of the molecule is C=CCc1cc(C=NNc2ccccc2)cc(OCC)c1OC(C)C. The van der Waals surface area contributed by atoms with Crippen LogP contribution in [0.3, 0.4) is 0 Å². The van der Waals surface area contributed by atoms with Crippen molar-refractivity contribution in [2.75, 3.05) is 12.0 Å². The Kier molecular flexibility index (Phi) is 7.08. The van der Waals surface area contributed by atoms with Crippen LogP contribution in [0.5, 0.6) is 11.5 Å². The van der Waals surface area contributed by atoms with Crippen LogP contribution in [0.25, 0.3) is 0 Å². The molecule has 1 N–H and O–H groups in total. The van der Waals surface area contributed by atoms with E-state index in [-0.39, 0.29) is 6.10 Å². The van der Waals surface area contributed by atoms with Crippen molar-refractivity contribution < 1.29 is 9.47 Å². The molecule has 0 saturated heterocycles. The van der Waals surface area contributed by atoms with E-state index in [2.05, 4.69) is 23.2 Å². The van der Waals surface area contributed by atoms with Crippen molar-refractivity contribution in [2.45, 2.75) is 33.3 Å². The van der Waals surface area contributed by atoms with Crippen LogP contribution in [0, 0.1) is 0 Å². The summed E-state index contributed by atoms with van der Waals surface area (Å²) in [7, 11) is 0. The first-order chi connectivity index (χ1) is 12.1. The molecule has 0 aliphatic rings. The highest BCUT2D eigenvalue weighted by Crippen LogP contribution is 2.34. The predicted molar refractivity (Wildman–Crippen MR) is 105 cm³/mol. The number of ether oxygens (including phenoxy) is 2. The second kappa shape index (κ2) is 9.52. The van der Waals surface area contributed by atoms with Gasteiger partial charge < -0.3 is 9.47 Å². The largest absolute Gasteiger partial charge is 0.490 e. The third kappa shape index (κ3) is 5.68. The first-order valence-corrected chi connectivity index (χ1v) is 8.55. The first-order valence-electron chi connectivity index (χ1n) is 8.55. The molecule has 0 unspecified atom stereocenters. The highest BCUT2D eigenvalue weighted by atomic mass is 16.5. The smallest absolute Gasteiger partial charge is 0.165 e. The van der Waals surface area contributed by atoms with E-state index in [0.29, 0.717) is 13.0 Å². The van der Waals surface area contributed by atoms with Gasteiger partial charge in [-0.05, 0) is 57.0 Å². The molecule has 25 heavy (non-hydrogen) atoms. The molecule has 2 aromatic rings. The molecule has 0 heterocycles. The van der Waals surface area contributed by atoms with Crippen LogP contribution in [-0.4, -0.2) is 18.9 Å². The van der Waals surface area contributed by atoms with E-state index in [0.717, 1.165) is 28.3 Å². The van der Waals surface area contributed by atoms with E-state index >= 15 is 0 Å². The monoisotopic (exact) mass is 338 g/mol. The van der Waals surface area contributed by atoms with Gasteiger partial charge in [0.25, 0.3) is 0 Å². The maximum absolute atomic E-state index is 5.98. The van der Waals surface area contributed by atoms with Crippen molar-refractivity contribution in [2.24, 2.45) is 5.10 Å². The Morgan fingerprint density at radius 3 is 2.60 bits per heavy atom. The normalized spacial score (nSPS) is 10.9. The molecule has 4 nitrogen and oxygen atoms in total. The Morgan fingerprint density at radius 1 is 1.20 bits per heavy atom. The Balaban J connectivity index is 2.29. The average molecular weight is 338 g/mol. The summed E-state index contributed by atoms with van der Waals surface area (Å²) in [5.41, 5.74) is 5.94. The van der Waals surface area contributed by atoms with E-state index in [1.807, 2.05) is 63.2 Å². The van der Waals surface area contributed by atoms with Gasteiger partial charge in [-0.25, -0.2) is 0 Å². The van der Waals surface area contributed by atoms with Gasteiger partial charge in [-0.3, -0.25) is 5.43 Å². The lowest BCUT2D eigenvalue weighted by Crippen LogP contribution is -2.10. The van der Waals surface area contributed by atoms with E-state index in [1.54, 1.807) is 6.21 Å². The molecule has 0 saturated carbocycles. The molecular formula is C21H26N2O2. The Bertz CT molecular complexity index is 709. The fourth-order valence-electron chi connectivity index (χ4n) is 2.39. The highest BCUT2D eigenvalue weighted by molar-refractivity contribution is 5.82. The number of hydrazone groups is 1. The van der Waals surface area contributed by atoms with Crippen LogP contribution in [0.2, 0.25) is 0 Å². The van der Waals surface area contributed by atoms with Crippen molar-refractivity contribution >= 4 is 11.9 Å². The van der Waals surface area contributed by atoms with E-state index in [9.17, 15) is 0 Å². The molecule has 0 radical (unpaired) electrons. The van der Waals surface area contributed by atoms with Gasteiger partial charge in [0.15, 0.2) is 11.5 Å². The van der Waals surface area contributed by atoms with E-state index in [1.165, 1.54) is 0 Å². The van der Waals surface area contributed by atoms with E-state index < -0.39 is 0 Å². The lowest BCUT2D eigenvalue weighted by molar-refractivity contribution is 0.222. The van der Waals surface area contributed by atoms with Crippen molar-refractivity contribution in [3.05, 3.63) is 66.2 Å². The minimum absolute atomic E-state index is 0.0713. The number of nitrogens with zero attached hydrogens (tertiary/aromatic N) is 1. The van der Waals surface area contributed by atoms with Crippen molar-refractivity contribution in [3.63, 3.8) is 0 Å². The maximum Gasteiger partial charge on any atom is 0.165 e. The molecular weight excluding hydrogens is 312 g/mol. The van der Waals surface area contributed by atoms with Gasteiger partial charge in [-0.15, -0.1) is 6.58 Å². The summed E-state index contributed by atoms with van der Waals surface area (Å²) in [6, 6.07) is 13.8. The topological polar surface area (TPSA) is 42.9 Å². The van der Waals surface area contributed by atoms with Gasteiger partial charge >= 0.3 is 0 Å². The maximum atomic E-state index is 5.98. The zero-order chi connectivity index (χ0) is 18.1. The molecule has 0 fully saturated rings. The molecule has 0 amide bonds. The minimum Gasteiger partial charge on any atom is -0.490 e. The molecule has 4 heteroatoms. The Morgan fingerprint density at radius 2 is 1.96 bits per heavy atom. The number of allylic oxidation sites excluding steroid dienone is 1. The molecule has 132 valence electrons. The lowest BCUT2D eigenvalue weighted by Gasteiger charge is -2.18. The molecule has 0 spiro atoms. The van der Waals surface area contributed by atoms with Crippen LogP contribution >= 0.6 is 0 Å². The minimum atomic E-state index is 0.0713. The molecule has 0 aliphatic carbocycles. The Labute approximate surface area is 150 Å². The summed E-state index contributed by atoms with van der Waals surface area (Å²) in [5, 5.41) is 4.31. The van der Waals surface area contributed by atoms with Crippen LogP contribution in [0.15, 0.2) is 60.2 Å². The third-order valence-corrected chi connectivity index (χ3v) is 3.35. The van der Waals surface area contributed by atoms with Crippen LogP contribution in [0.1, 0.15) is 31.9 Å². The standard InChI is InChI=1S/C21H26N2O2/c1-5-10-18-13-17(15-22-23-19-11-8-7-9-12-19)14-20(24-6-2)21(18)25-16(3)4/h5,7-9,11-16,23H,1,6,10H2,2-4H3. The summed E-state index contributed by atoms with van der Waals surface area (Å²) in [6.45, 7) is 10.4. The predicted octanol–water partition coefficient (Wildman–Crippen LogP) is 5.05. The number of benzene rings is 2. The van der Waals surface area contributed by atoms with Crippen LogP contribution < -0.4 is 14.9 Å². The summed E-state index contributed by atoms with van der Waals surface area (Å²) in [4.78, 5) is 0. The highest BCUT2D eigenvalue weighted by Gasteiger charge is 2.14. The number of rotatable bonds is 9. The average Bonchev–Trinajstić information content (AvgIpc) is 2.59. The summed E-state index contributed by atoms with van der Waals surface area (Å²) in [5.74, 6) is 1.52. The number of para-hydroxylation sites is 1. The van der Waals surface area contributed by atoms with E-state index in [4.69, 9.17) is 9.47 Å². The second-order valence-electron chi connectivity index (χ2n) is 5.84. The fraction of sp³-hybridized carbons (Fsp3) is 0.286. The zero-order valence-corrected chi connectivity index (χ0v) is 15.2.